The van der Waals surface area contributed by atoms with Crippen molar-refractivity contribution in [1.29, 1.82) is 0 Å². The third-order valence-corrected chi connectivity index (χ3v) is 7.02. The van der Waals surface area contributed by atoms with Crippen molar-refractivity contribution < 1.29 is 21.0 Å². The Balaban J connectivity index is 3.10. The van der Waals surface area contributed by atoms with Crippen molar-refractivity contribution in [2.75, 3.05) is 7.05 Å². The Hall–Kier alpha value is 0.620. The van der Waals surface area contributed by atoms with Gasteiger partial charge in [0.2, 0.25) is 0 Å². The van der Waals surface area contributed by atoms with E-state index in [4.69, 9.17) is 0 Å². The molecule has 2 N–H and O–H groups in total. The van der Waals surface area contributed by atoms with E-state index >= 15 is 0 Å². The number of nitrogens with zero attached hydrogens (tertiary/aromatic N) is 2. The molecule has 13 heavy (non-hydrogen) atoms. The summed E-state index contributed by atoms with van der Waals surface area (Å²) < 4.78 is 64.4. The van der Waals surface area contributed by atoms with Crippen LogP contribution in [0, 0.1) is 0 Å². The molecule has 1 aliphatic heterocycles. The topological polar surface area (TPSA) is 39.7 Å². The molecule has 0 aromatic carbocycles. The van der Waals surface area contributed by atoms with E-state index in [1.807, 2.05) is 5.43 Å². The van der Waals surface area contributed by atoms with Gasteiger partial charge in [0.1, 0.15) is 0 Å². The van der Waals surface area contributed by atoms with Crippen molar-refractivity contribution in [2.24, 2.45) is 4.52 Å². The zero-order chi connectivity index (χ0) is 10.4. The van der Waals surface area contributed by atoms with Gasteiger partial charge in [-0.3, -0.25) is 0 Å². The number of halogens is 5. The van der Waals surface area contributed by atoms with Crippen molar-refractivity contribution >= 4 is 24.5 Å². The Morgan fingerprint density at radius 3 is 2.38 bits per heavy atom. The third-order valence-electron chi connectivity index (χ3n) is 1.04. The molecule has 0 saturated heterocycles. The Morgan fingerprint density at radius 2 is 2.00 bits per heavy atom. The molecule has 1 heterocycles. The van der Waals surface area contributed by atoms with E-state index in [0.29, 0.717) is 0 Å². The third kappa shape index (κ3) is 2.78. The van der Waals surface area contributed by atoms with E-state index in [1.165, 1.54) is 0 Å². The monoisotopic (exact) mass is 262 g/mol. The Kier molecular flexibility index (Phi) is 2.75. The van der Waals surface area contributed by atoms with Crippen LogP contribution in [0.3, 0.4) is 0 Å². The van der Waals surface area contributed by atoms with Gasteiger partial charge < -0.3 is 0 Å². The maximum atomic E-state index is 12.7. The van der Waals surface area contributed by atoms with E-state index in [2.05, 4.69) is 0 Å². The van der Waals surface area contributed by atoms with Gasteiger partial charge in [-0.2, -0.15) is 0 Å². The maximum absolute atomic E-state index is 12.7. The summed E-state index contributed by atoms with van der Waals surface area (Å²) in [5, 5.41) is 0. The molecule has 0 fully saturated rings. The molecule has 1 atom stereocenters. The molecule has 0 aliphatic carbocycles. The van der Waals surface area contributed by atoms with Gasteiger partial charge in [0, 0.05) is 0 Å². The minimum atomic E-state index is -7.14. The standard InChI is InChI=1S/CH6F5N4P3/c1-7-10-11-8-13(4,5,6)9-12(10,2)3/h7-8,11H,1H3. The van der Waals surface area contributed by atoms with Crippen molar-refractivity contribution in [3.8, 4) is 0 Å². The fourth-order valence-corrected chi connectivity index (χ4v) is 5.52. The summed E-state index contributed by atoms with van der Waals surface area (Å²) >= 11 is 0. The van der Waals surface area contributed by atoms with Crippen LogP contribution in [0.4, 0.5) is 21.0 Å². The average Bonchev–Trinajstić information content (AvgIpc) is 1.81. The first-order chi connectivity index (χ1) is 5.64. The van der Waals surface area contributed by atoms with Crippen LogP contribution < -0.4 is 10.3 Å². The normalized spacial score (nSPS) is 36.0. The minimum absolute atomic E-state index is 0.191. The van der Waals surface area contributed by atoms with Crippen LogP contribution in [0.15, 0.2) is 4.52 Å². The first kappa shape index (κ1) is 11.7. The van der Waals surface area contributed by atoms with Gasteiger partial charge in [0.05, 0.1) is 0 Å². The van der Waals surface area contributed by atoms with E-state index in [-0.39, 0.29) is 4.55 Å². The number of hydrazine groups is 1. The van der Waals surface area contributed by atoms with Gasteiger partial charge >= 0.3 is 71.9 Å². The summed E-state index contributed by atoms with van der Waals surface area (Å²) in [6.45, 7) is 0. The number of hydrogen-bond acceptors (Lipinski definition) is 4. The molecule has 80 valence electrons. The predicted octanol–water partition coefficient (Wildman–Crippen LogP) is 3.46. The van der Waals surface area contributed by atoms with Crippen LogP contribution in [-0.4, -0.2) is 11.6 Å². The predicted molar refractivity (Wildman–Crippen MR) is 44.2 cm³/mol. The fourth-order valence-electron chi connectivity index (χ4n) is 0.601. The summed E-state index contributed by atoms with van der Waals surface area (Å²) in [7, 11) is -12.6. The van der Waals surface area contributed by atoms with Gasteiger partial charge in [0.25, 0.3) is 0 Å². The van der Waals surface area contributed by atoms with Crippen LogP contribution >= 0.6 is 24.5 Å². The van der Waals surface area contributed by atoms with Crippen LogP contribution in [0.1, 0.15) is 0 Å². The quantitative estimate of drug-likeness (QED) is 0.561. The summed E-state index contributed by atoms with van der Waals surface area (Å²) in [5.41, 5.74) is 1.96. The molecular formula is CH6F5N4P3. The first-order valence-corrected chi connectivity index (χ1v) is 7.15. The van der Waals surface area contributed by atoms with Crippen LogP contribution in [0.5, 0.6) is 0 Å². The molecule has 0 bridgehead atoms. The molecule has 1 aliphatic rings. The molecule has 1 unspecified atom stereocenters. The Bertz CT molecular complexity index is 265. The summed E-state index contributed by atoms with van der Waals surface area (Å²) in [6.07, 6.45) is 0. The SMILES string of the molecule is CNN1PNP(F)(F)(F)N=P1(F)F. The van der Waals surface area contributed by atoms with Crippen molar-refractivity contribution in [3.63, 3.8) is 0 Å². The van der Waals surface area contributed by atoms with Gasteiger partial charge in [-0.1, -0.05) is 0 Å². The molecule has 1 rings (SSSR count). The molecule has 0 amide bonds. The molecule has 0 spiro atoms. The zero-order valence-corrected chi connectivity index (χ0v) is 8.97. The molecule has 0 aromatic rings. The first-order valence-electron chi connectivity index (χ1n) is 2.87. The molecule has 0 radical (unpaired) electrons. The second-order valence-electron chi connectivity index (χ2n) is 2.08. The summed E-state index contributed by atoms with van der Waals surface area (Å²) in [6, 6.07) is 0. The second-order valence-corrected chi connectivity index (χ2v) is 7.59. The van der Waals surface area contributed by atoms with Crippen molar-refractivity contribution in [3.05, 3.63) is 0 Å². The van der Waals surface area contributed by atoms with Crippen molar-refractivity contribution in [2.45, 2.75) is 0 Å². The molecular weight excluding hydrogens is 256 g/mol. The number of nitrogens with one attached hydrogen (secondary N) is 2. The van der Waals surface area contributed by atoms with Gasteiger partial charge in [-0.15, -0.1) is 0 Å². The second kappa shape index (κ2) is 3.05. The molecule has 12 heteroatoms. The van der Waals surface area contributed by atoms with Gasteiger partial charge in [-0.05, 0) is 0 Å². The van der Waals surface area contributed by atoms with Crippen LogP contribution in [0.2, 0.25) is 0 Å². The Labute approximate surface area is 72.9 Å². The summed E-state index contributed by atoms with van der Waals surface area (Å²) in [4.78, 5) is 1.09. The Morgan fingerprint density at radius 1 is 1.46 bits per heavy atom. The molecule has 0 aromatic heterocycles. The average molecular weight is 262 g/mol. The molecule has 0 saturated carbocycles. The van der Waals surface area contributed by atoms with E-state index < -0.39 is 24.5 Å². The van der Waals surface area contributed by atoms with Crippen LogP contribution in [0.25, 0.3) is 0 Å². The van der Waals surface area contributed by atoms with E-state index in [1.54, 1.807) is 4.52 Å². The van der Waals surface area contributed by atoms with Gasteiger partial charge in [0.15, 0.2) is 0 Å². The fraction of sp³-hybridized carbons (Fsp3) is 1.00. The number of hydrogen-bond donors (Lipinski definition) is 2. The molecule has 4 nitrogen and oxygen atoms in total. The number of rotatable bonds is 1. The van der Waals surface area contributed by atoms with Crippen LogP contribution in [-0.2, 0) is 0 Å². The van der Waals surface area contributed by atoms with Gasteiger partial charge in [-0.25, -0.2) is 0 Å². The van der Waals surface area contributed by atoms with Crippen molar-refractivity contribution in [1.82, 2.24) is 14.8 Å². The summed E-state index contributed by atoms with van der Waals surface area (Å²) in [5.74, 6) is 0. The van der Waals surface area contributed by atoms with E-state index in [9.17, 15) is 21.0 Å². The van der Waals surface area contributed by atoms with E-state index in [0.717, 1.165) is 11.9 Å². The zero-order valence-electron chi connectivity index (χ0n) is 6.18.